The van der Waals surface area contributed by atoms with Crippen LogP contribution in [0.15, 0.2) is 97.5 Å². The van der Waals surface area contributed by atoms with E-state index in [1.807, 2.05) is 37.3 Å². The molecule has 2 aliphatic rings. The van der Waals surface area contributed by atoms with Crippen molar-refractivity contribution in [2.24, 2.45) is 0 Å². The lowest BCUT2D eigenvalue weighted by atomic mass is 9.96. The summed E-state index contributed by atoms with van der Waals surface area (Å²) < 4.78 is 67.6. The normalized spacial score (nSPS) is 14.6. The van der Waals surface area contributed by atoms with Gasteiger partial charge in [-0.3, -0.25) is 0 Å². The first-order chi connectivity index (χ1) is 33.7. The number of thiophene rings is 1. The Morgan fingerprint density at radius 3 is 2.48 bits per heavy atom. The number of halogens is 2. The number of esters is 1. The standard InChI is InChI=1S/C51H50ClFN4O11S/c1-4-63-51(59)43-26-33-25-36(13-15-40(33)66-28-35-17-18-54-48(57-35)39-7-5-6-8-41(39)64-24-23-62-22-21-61-20-19-60-3)65-29-37(27-58)67-42-16-14-38(31(2)46(42)52)44-45-49(68-43)55-30-56-50(45)69-47(44)32-9-11-34(53)12-10-32/h5-18,25,30,37,43,58H,4,19-24,26-29H2,1-3H3/t37-,43-/m1/s1. The third kappa shape index (κ3) is 12.0. The molecule has 2 atom stereocenters. The van der Waals surface area contributed by atoms with E-state index in [9.17, 15) is 14.3 Å². The van der Waals surface area contributed by atoms with Crippen molar-refractivity contribution in [2.75, 3.05) is 66.6 Å². The largest absolute Gasteiger partial charge is 0.490 e. The first-order valence-electron chi connectivity index (χ1n) is 22.2. The van der Waals surface area contributed by atoms with Gasteiger partial charge in [0.05, 0.1) is 67.9 Å². The van der Waals surface area contributed by atoms with Gasteiger partial charge in [-0.15, -0.1) is 11.3 Å². The maximum absolute atomic E-state index is 14.3. The summed E-state index contributed by atoms with van der Waals surface area (Å²) in [6, 6.07) is 24.1. The molecule has 4 bridgehead atoms. The lowest BCUT2D eigenvalue weighted by molar-refractivity contribution is -0.151. The van der Waals surface area contributed by atoms with Crippen LogP contribution in [0.25, 0.3) is 43.2 Å². The van der Waals surface area contributed by atoms with E-state index in [-0.39, 0.29) is 38.7 Å². The summed E-state index contributed by atoms with van der Waals surface area (Å²) in [5.41, 5.74) is 4.49. The Hall–Kier alpha value is -6.47. The SMILES string of the molecule is CCOC(=O)[C@H]1Cc2cc(ccc2OCc2ccnc(-c3ccccc3OCCOCCOCCOC)n2)OC[C@@H](CO)Oc2ccc(c(C)c2Cl)-c2c(-c3ccc(F)cc3)sc3ncnc(c23)O1. The predicted molar refractivity (Wildman–Crippen MR) is 257 cm³/mol. The Labute approximate surface area is 407 Å². The molecule has 7 aromatic rings. The number of ether oxygens (including phenoxy) is 9. The van der Waals surface area contributed by atoms with Crippen molar-refractivity contribution >= 4 is 39.1 Å². The minimum atomic E-state index is -1.25. The van der Waals surface area contributed by atoms with Crippen LogP contribution < -0.4 is 23.7 Å². The molecule has 1 N–H and O–H groups in total. The molecule has 0 amide bonds. The van der Waals surface area contributed by atoms with Crippen LogP contribution in [0.4, 0.5) is 4.39 Å². The number of para-hydroxylation sites is 1. The second-order valence-electron chi connectivity index (χ2n) is 15.5. The minimum Gasteiger partial charge on any atom is -0.490 e. The summed E-state index contributed by atoms with van der Waals surface area (Å²) in [6.07, 6.45) is 0.896. The van der Waals surface area contributed by atoms with Crippen molar-refractivity contribution in [3.05, 3.63) is 125 Å². The number of nitrogens with zero attached hydrogens (tertiary/aromatic N) is 4. The lowest BCUT2D eigenvalue weighted by Gasteiger charge is -2.21. The van der Waals surface area contributed by atoms with E-state index >= 15 is 0 Å². The fourth-order valence-electron chi connectivity index (χ4n) is 7.47. The van der Waals surface area contributed by atoms with Gasteiger partial charge in [0.1, 0.15) is 59.8 Å². The molecule has 0 radical (unpaired) electrons. The summed E-state index contributed by atoms with van der Waals surface area (Å²) in [7, 11) is 1.63. The fraction of sp³-hybridized carbons (Fsp3) is 0.314. The van der Waals surface area contributed by atoms with Gasteiger partial charge >= 0.3 is 5.97 Å². The van der Waals surface area contributed by atoms with Gasteiger partial charge in [-0.05, 0) is 85.1 Å². The molecule has 3 aromatic heterocycles. The van der Waals surface area contributed by atoms with Crippen LogP contribution in [0, 0.1) is 12.7 Å². The summed E-state index contributed by atoms with van der Waals surface area (Å²) >= 11 is 8.40. The first kappa shape index (κ1) is 49.0. The van der Waals surface area contributed by atoms with Crippen molar-refractivity contribution in [2.45, 2.75) is 39.1 Å². The summed E-state index contributed by atoms with van der Waals surface area (Å²) in [4.78, 5) is 33.9. The molecule has 4 aromatic carbocycles. The third-order valence-corrected chi connectivity index (χ3v) is 12.5. The van der Waals surface area contributed by atoms with Gasteiger partial charge in [0.15, 0.2) is 11.9 Å². The van der Waals surface area contributed by atoms with Gasteiger partial charge in [-0.2, -0.15) is 0 Å². The number of methoxy groups -OCH3 is 1. The molecule has 360 valence electrons. The summed E-state index contributed by atoms with van der Waals surface area (Å²) in [5.74, 6) is 1.24. The molecular formula is C51H50ClFN4O11S. The van der Waals surface area contributed by atoms with Crippen LogP contribution in [0.5, 0.6) is 28.9 Å². The second-order valence-corrected chi connectivity index (χ2v) is 16.9. The number of hydrogen-bond donors (Lipinski definition) is 1. The summed E-state index contributed by atoms with van der Waals surface area (Å²) in [5, 5.41) is 11.3. The van der Waals surface area contributed by atoms with E-state index in [1.54, 1.807) is 62.7 Å². The number of rotatable bonds is 18. The Morgan fingerprint density at radius 1 is 0.884 bits per heavy atom. The van der Waals surface area contributed by atoms with Gasteiger partial charge in [-0.1, -0.05) is 41.9 Å². The predicted octanol–water partition coefficient (Wildman–Crippen LogP) is 8.91. The number of aliphatic hydroxyl groups is 1. The highest BCUT2D eigenvalue weighted by atomic mass is 35.5. The molecule has 0 aliphatic carbocycles. The third-order valence-electron chi connectivity index (χ3n) is 10.9. The van der Waals surface area contributed by atoms with E-state index in [1.165, 1.54) is 29.8 Å². The molecule has 0 saturated carbocycles. The van der Waals surface area contributed by atoms with Crippen molar-refractivity contribution in [1.82, 2.24) is 19.9 Å². The number of benzene rings is 4. The van der Waals surface area contributed by atoms with Crippen LogP contribution in [0.3, 0.4) is 0 Å². The van der Waals surface area contributed by atoms with Gasteiger partial charge in [-0.25, -0.2) is 29.1 Å². The number of carbonyl (C=O) groups excluding carboxylic acids is 1. The lowest BCUT2D eigenvalue weighted by Crippen LogP contribution is -2.32. The van der Waals surface area contributed by atoms with Crippen molar-refractivity contribution in [3.8, 4) is 61.8 Å². The zero-order valence-corrected chi connectivity index (χ0v) is 39.7. The van der Waals surface area contributed by atoms with E-state index in [0.717, 1.165) is 4.88 Å². The number of carbonyl (C=O) groups is 1. The first-order valence-corrected chi connectivity index (χ1v) is 23.4. The number of aromatic nitrogens is 4. The van der Waals surface area contributed by atoms with E-state index in [4.69, 9.17) is 59.2 Å². The highest BCUT2D eigenvalue weighted by molar-refractivity contribution is 7.22. The van der Waals surface area contributed by atoms with Crippen LogP contribution in [-0.2, 0) is 36.8 Å². The molecule has 2 aliphatic heterocycles. The number of fused-ring (bicyclic) bond motifs is 7. The second kappa shape index (κ2) is 23.7. The molecule has 15 nitrogen and oxygen atoms in total. The van der Waals surface area contributed by atoms with Crippen molar-refractivity contribution in [3.63, 3.8) is 0 Å². The van der Waals surface area contributed by atoms with Gasteiger partial charge in [0.2, 0.25) is 12.0 Å². The average Bonchev–Trinajstić information content (AvgIpc) is 3.76. The Balaban J connectivity index is 1.11. The Kier molecular flexibility index (Phi) is 16.8. The quantitative estimate of drug-likeness (QED) is 0.0638. The molecule has 18 heteroatoms. The van der Waals surface area contributed by atoms with Crippen LogP contribution in [0.2, 0.25) is 5.02 Å². The van der Waals surface area contributed by atoms with Crippen molar-refractivity contribution < 1.29 is 56.9 Å². The van der Waals surface area contributed by atoms with Crippen LogP contribution in [-0.4, -0.2) is 110 Å². The van der Waals surface area contributed by atoms with Crippen LogP contribution in [0.1, 0.15) is 23.7 Å². The van der Waals surface area contributed by atoms with Gasteiger partial charge in [0, 0.05) is 35.7 Å². The average molecular weight is 981 g/mol. The minimum absolute atomic E-state index is 0.0195. The van der Waals surface area contributed by atoms with Crippen LogP contribution >= 0.6 is 22.9 Å². The Bertz CT molecular complexity index is 2850. The zero-order chi connectivity index (χ0) is 48.1. The van der Waals surface area contributed by atoms with Gasteiger partial charge < -0.3 is 47.7 Å². The van der Waals surface area contributed by atoms with E-state index in [2.05, 4.69) is 15.0 Å². The maximum atomic E-state index is 14.3. The number of aliphatic hydroxyl groups excluding tert-OH is 1. The molecule has 9 rings (SSSR count). The monoisotopic (exact) mass is 980 g/mol. The smallest absolute Gasteiger partial charge is 0.347 e. The van der Waals surface area contributed by atoms with E-state index < -0.39 is 24.0 Å². The topological polar surface area (TPSA) is 172 Å². The molecule has 0 fully saturated rings. The summed E-state index contributed by atoms with van der Waals surface area (Å²) in [6.45, 7) is 5.80. The molecule has 0 spiro atoms. The molecule has 5 heterocycles. The maximum Gasteiger partial charge on any atom is 0.347 e. The number of hydrogen-bond acceptors (Lipinski definition) is 16. The van der Waals surface area contributed by atoms with Crippen molar-refractivity contribution in [1.29, 1.82) is 0 Å². The Morgan fingerprint density at radius 2 is 1.68 bits per heavy atom. The molecule has 0 unspecified atom stereocenters. The highest BCUT2D eigenvalue weighted by Crippen LogP contribution is 2.49. The van der Waals surface area contributed by atoms with E-state index in [0.29, 0.717) is 123 Å². The molecular weight excluding hydrogens is 931 g/mol. The molecule has 69 heavy (non-hydrogen) atoms. The fourth-order valence-corrected chi connectivity index (χ4v) is 8.83. The van der Waals surface area contributed by atoms with Gasteiger partial charge in [0.25, 0.3) is 0 Å². The molecule has 0 saturated heterocycles. The zero-order valence-electron chi connectivity index (χ0n) is 38.2. The highest BCUT2D eigenvalue weighted by Gasteiger charge is 2.30.